The molecular weight excluding hydrogens is 368 g/mol. The van der Waals surface area contributed by atoms with E-state index in [0.717, 1.165) is 27.9 Å². The minimum Gasteiger partial charge on any atom is -0.478 e. The van der Waals surface area contributed by atoms with Gasteiger partial charge in [-0.05, 0) is 63.4 Å². The Morgan fingerprint density at radius 2 is 1.66 bits per heavy atom. The first-order chi connectivity index (χ1) is 13.6. The van der Waals surface area contributed by atoms with Gasteiger partial charge in [-0.25, -0.2) is 9.59 Å². The van der Waals surface area contributed by atoms with Crippen LogP contribution in [0.25, 0.3) is 0 Å². The maximum atomic E-state index is 12.9. The second-order valence-electron chi connectivity index (χ2n) is 8.17. The summed E-state index contributed by atoms with van der Waals surface area (Å²) in [5.41, 5.74) is 3.48. The standard InChI is InChI=1S/C23H28N2O4/c1-15-6-8-19(9-7-15)25-11-10-24(22(25)28)14-18-12-16(2)20(17(3)13-18)29-23(4,5)21(26)27/h6-9,12-13H,10-11,14H2,1-5H3,(H,26,27). The van der Waals surface area contributed by atoms with Gasteiger partial charge in [-0.1, -0.05) is 29.8 Å². The van der Waals surface area contributed by atoms with Gasteiger partial charge in [0.05, 0.1) is 0 Å². The quantitative estimate of drug-likeness (QED) is 0.790. The molecule has 3 rings (SSSR count). The van der Waals surface area contributed by atoms with E-state index in [4.69, 9.17) is 4.74 Å². The number of hydrogen-bond acceptors (Lipinski definition) is 3. The number of ether oxygens (including phenoxy) is 1. The van der Waals surface area contributed by atoms with Gasteiger partial charge in [0, 0.05) is 25.3 Å². The van der Waals surface area contributed by atoms with Crippen LogP contribution in [0.3, 0.4) is 0 Å². The van der Waals surface area contributed by atoms with E-state index < -0.39 is 11.6 Å². The van der Waals surface area contributed by atoms with E-state index in [0.29, 0.717) is 25.4 Å². The molecule has 0 unspecified atom stereocenters. The Labute approximate surface area is 171 Å². The Kier molecular flexibility index (Phi) is 5.55. The molecule has 29 heavy (non-hydrogen) atoms. The molecule has 0 spiro atoms. The summed E-state index contributed by atoms with van der Waals surface area (Å²) in [6.45, 7) is 10.7. The molecule has 1 aliphatic heterocycles. The van der Waals surface area contributed by atoms with Gasteiger partial charge in [-0.3, -0.25) is 4.90 Å². The summed E-state index contributed by atoms with van der Waals surface area (Å²) < 4.78 is 5.77. The Bertz CT molecular complexity index is 911. The summed E-state index contributed by atoms with van der Waals surface area (Å²) in [6.07, 6.45) is 0. The zero-order valence-corrected chi connectivity index (χ0v) is 17.7. The smallest absolute Gasteiger partial charge is 0.347 e. The predicted molar refractivity (Wildman–Crippen MR) is 113 cm³/mol. The highest BCUT2D eigenvalue weighted by Gasteiger charge is 2.32. The molecule has 2 aromatic rings. The molecular formula is C23H28N2O4. The fraction of sp³-hybridized carbons (Fsp3) is 0.391. The molecule has 1 saturated heterocycles. The Morgan fingerprint density at radius 3 is 2.21 bits per heavy atom. The van der Waals surface area contributed by atoms with Gasteiger partial charge in [0.2, 0.25) is 0 Å². The number of carbonyl (C=O) groups excluding carboxylic acids is 1. The second-order valence-corrected chi connectivity index (χ2v) is 8.17. The Morgan fingerprint density at radius 1 is 1.07 bits per heavy atom. The lowest BCUT2D eigenvalue weighted by atomic mass is 10.0. The van der Waals surface area contributed by atoms with E-state index in [-0.39, 0.29) is 6.03 Å². The lowest BCUT2D eigenvalue weighted by molar-refractivity contribution is -0.152. The number of amides is 2. The molecule has 154 valence electrons. The summed E-state index contributed by atoms with van der Waals surface area (Å²) in [4.78, 5) is 27.9. The van der Waals surface area contributed by atoms with Crippen molar-refractivity contribution < 1.29 is 19.4 Å². The summed E-state index contributed by atoms with van der Waals surface area (Å²) in [6, 6.07) is 11.9. The molecule has 1 fully saturated rings. The summed E-state index contributed by atoms with van der Waals surface area (Å²) in [5, 5.41) is 9.32. The number of anilines is 1. The van der Waals surface area contributed by atoms with Crippen LogP contribution in [-0.2, 0) is 11.3 Å². The van der Waals surface area contributed by atoms with Crippen LogP contribution in [0.4, 0.5) is 10.5 Å². The van der Waals surface area contributed by atoms with Crippen molar-refractivity contribution in [2.75, 3.05) is 18.0 Å². The van der Waals surface area contributed by atoms with Gasteiger partial charge in [-0.2, -0.15) is 0 Å². The molecule has 1 aliphatic rings. The van der Waals surface area contributed by atoms with Crippen LogP contribution >= 0.6 is 0 Å². The predicted octanol–water partition coefficient (Wildman–Crippen LogP) is 4.30. The number of carbonyl (C=O) groups is 2. The van der Waals surface area contributed by atoms with E-state index in [9.17, 15) is 14.7 Å². The second kappa shape index (κ2) is 7.78. The van der Waals surface area contributed by atoms with E-state index in [1.807, 2.05) is 62.1 Å². The van der Waals surface area contributed by atoms with Crippen molar-refractivity contribution in [3.8, 4) is 5.75 Å². The van der Waals surface area contributed by atoms with Crippen molar-refractivity contribution in [2.45, 2.75) is 46.8 Å². The number of urea groups is 1. The molecule has 0 bridgehead atoms. The molecule has 0 aromatic heterocycles. The first-order valence-corrected chi connectivity index (χ1v) is 9.74. The average Bonchev–Trinajstić information content (AvgIpc) is 2.99. The van der Waals surface area contributed by atoms with E-state index in [1.54, 1.807) is 4.90 Å². The highest BCUT2D eigenvalue weighted by Crippen LogP contribution is 2.30. The SMILES string of the molecule is Cc1ccc(N2CCN(Cc3cc(C)c(OC(C)(C)C(=O)O)c(C)c3)C2=O)cc1. The molecule has 0 atom stereocenters. The highest BCUT2D eigenvalue weighted by molar-refractivity contribution is 5.94. The van der Waals surface area contributed by atoms with E-state index in [2.05, 4.69) is 0 Å². The largest absolute Gasteiger partial charge is 0.478 e. The number of benzene rings is 2. The third kappa shape index (κ3) is 4.36. The molecule has 1 heterocycles. The van der Waals surface area contributed by atoms with Gasteiger partial charge in [0.15, 0.2) is 5.60 Å². The molecule has 6 nitrogen and oxygen atoms in total. The molecule has 2 aromatic carbocycles. The minimum absolute atomic E-state index is 0.00324. The number of aryl methyl sites for hydroxylation is 3. The molecule has 2 amide bonds. The van der Waals surface area contributed by atoms with Crippen LogP contribution in [0.1, 0.15) is 36.1 Å². The van der Waals surface area contributed by atoms with Crippen molar-refractivity contribution in [1.82, 2.24) is 4.90 Å². The minimum atomic E-state index is -1.31. The van der Waals surface area contributed by atoms with Crippen LogP contribution in [-0.4, -0.2) is 40.7 Å². The van der Waals surface area contributed by atoms with Crippen LogP contribution in [0.5, 0.6) is 5.75 Å². The van der Waals surface area contributed by atoms with Crippen LogP contribution in [0.2, 0.25) is 0 Å². The highest BCUT2D eigenvalue weighted by atomic mass is 16.5. The topological polar surface area (TPSA) is 70.1 Å². The lowest BCUT2D eigenvalue weighted by Crippen LogP contribution is -2.38. The Balaban J connectivity index is 1.75. The third-order valence-corrected chi connectivity index (χ3v) is 5.21. The fourth-order valence-corrected chi connectivity index (χ4v) is 3.51. The van der Waals surface area contributed by atoms with E-state index >= 15 is 0 Å². The first-order valence-electron chi connectivity index (χ1n) is 9.74. The van der Waals surface area contributed by atoms with Crippen molar-refractivity contribution in [3.05, 3.63) is 58.7 Å². The summed E-state index contributed by atoms with van der Waals surface area (Å²) in [7, 11) is 0. The number of carboxylic acid groups (broad SMARTS) is 1. The normalized spacial score (nSPS) is 14.4. The number of rotatable bonds is 6. The van der Waals surface area contributed by atoms with Gasteiger partial charge in [0.25, 0.3) is 0 Å². The zero-order valence-electron chi connectivity index (χ0n) is 17.7. The van der Waals surface area contributed by atoms with Crippen LogP contribution < -0.4 is 9.64 Å². The molecule has 0 aliphatic carbocycles. The zero-order chi connectivity index (χ0) is 21.3. The Hall–Kier alpha value is -3.02. The van der Waals surface area contributed by atoms with Gasteiger partial charge in [0.1, 0.15) is 5.75 Å². The van der Waals surface area contributed by atoms with E-state index in [1.165, 1.54) is 13.8 Å². The number of carboxylic acids is 1. The maximum absolute atomic E-state index is 12.9. The summed E-state index contributed by atoms with van der Waals surface area (Å²) >= 11 is 0. The fourth-order valence-electron chi connectivity index (χ4n) is 3.51. The number of hydrogen-bond donors (Lipinski definition) is 1. The third-order valence-electron chi connectivity index (χ3n) is 5.21. The molecule has 1 N–H and O–H groups in total. The van der Waals surface area contributed by atoms with Gasteiger partial charge < -0.3 is 14.7 Å². The van der Waals surface area contributed by atoms with Crippen LogP contribution in [0.15, 0.2) is 36.4 Å². The van der Waals surface area contributed by atoms with Crippen molar-refractivity contribution in [1.29, 1.82) is 0 Å². The first kappa shape index (κ1) is 20.7. The van der Waals surface area contributed by atoms with Crippen molar-refractivity contribution in [3.63, 3.8) is 0 Å². The lowest BCUT2D eigenvalue weighted by Gasteiger charge is -2.25. The molecule has 0 saturated carbocycles. The van der Waals surface area contributed by atoms with Crippen molar-refractivity contribution in [2.24, 2.45) is 0 Å². The summed E-state index contributed by atoms with van der Waals surface area (Å²) in [5.74, 6) is -0.436. The van der Waals surface area contributed by atoms with Crippen LogP contribution in [0, 0.1) is 20.8 Å². The van der Waals surface area contributed by atoms with Crippen molar-refractivity contribution >= 4 is 17.7 Å². The monoisotopic (exact) mass is 396 g/mol. The number of nitrogens with zero attached hydrogens (tertiary/aromatic N) is 2. The average molecular weight is 396 g/mol. The van der Waals surface area contributed by atoms with Gasteiger partial charge in [-0.15, -0.1) is 0 Å². The maximum Gasteiger partial charge on any atom is 0.347 e. The van der Waals surface area contributed by atoms with Gasteiger partial charge >= 0.3 is 12.0 Å². The number of aliphatic carboxylic acids is 1. The molecule has 6 heteroatoms. The molecule has 0 radical (unpaired) electrons.